The number of carbonyl (C=O) groups excluding carboxylic acids is 1. The molecular formula is C15H31N3O. The van der Waals surface area contributed by atoms with Crippen LogP contribution < -0.4 is 11.1 Å². The molecule has 0 aromatic heterocycles. The van der Waals surface area contributed by atoms with Gasteiger partial charge in [0, 0.05) is 13.1 Å². The lowest BCUT2D eigenvalue weighted by Gasteiger charge is -2.37. The van der Waals surface area contributed by atoms with Crippen molar-refractivity contribution in [2.75, 3.05) is 26.2 Å². The van der Waals surface area contributed by atoms with Gasteiger partial charge in [-0.2, -0.15) is 0 Å². The van der Waals surface area contributed by atoms with E-state index in [4.69, 9.17) is 5.73 Å². The fraction of sp³-hybridized carbons (Fsp3) is 0.933. The number of rotatable bonds is 10. The van der Waals surface area contributed by atoms with Gasteiger partial charge in [-0.05, 0) is 37.8 Å². The Balaban J connectivity index is 2.76. The third-order valence-electron chi connectivity index (χ3n) is 4.39. The first kappa shape index (κ1) is 16.4. The summed E-state index contributed by atoms with van der Waals surface area (Å²) in [5.41, 5.74) is 5.22. The summed E-state index contributed by atoms with van der Waals surface area (Å²) >= 11 is 0. The number of primary amides is 1. The summed E-state index contributed by atoms with van der Waals surface area (Å²) in [5.74, 6) is 0.904. The summed E-state index contributed by atoms with van der Waals surface area (Å²) in [6, 6.07) is 0. The largest absolute Gasteiger partial charge is 0.368 e. The molecule has 1 aliphatic carbocycles. The van der Waals surface area contributed by atoms with Crippen LogP contribution in [0.3, 0.4) is 0 Å². The Kier molecular flexibility index (Phi) is 6.27. The van der Waals surface area contributed by atoms with Crippen LogP contribution in [0, 0.1) is 11.8 Å². The molecule has 1 aliphatic rings. The lowest BCUT2D eigenvalue weighted by atomic mass is 9.90. The molecule has 112 valence electrons. The molecule has 4 nitrogen and oxygen atoms in total. The molecule has 2 atom stereocenters. The molecule has 1 amide bonds. The van der Waals surface area contributed by atoms with Gasteiger partial charge in [-0.1, -0.05) is 34.1 Å². The molecule has 1 saturated carbocycles. The second-order valence-corrected chi connectivity index (χ2v) is 5.98. The van der Waals surface area contributed by atoms with E-state index in [2.05, 4.69) is 31.0 Å². The average Bonchev–Trinajstić information content (AvgIpc) is 3.20. The zero-order valence-electron chi connectivity index (χ0n) is 13.0. The maximum atomic E-state index is 12.0. The van der Waals surface area contributed by atoms with E-state index < -0.39 is 5.54 Å². The van der Waals surface area contributed by atoms with E-state index in [1.165, 1.54) is 6.42 Å². The summed E-state index contributed by atoms with van der Waals surface area (Å²) in [5, 5.41) is 3.40. The van der Waals surface area contributed by atoms with Crippen LogP contribution in [0.2, 0.25) is 0 Å². The third-order valence-corrected chi connectivity index (χ3v) is 4.39. The minimum absolute atomic E-state index is 0.181. The van der Waals surface area contributed by atoms with Crippen LogP contribution in [0.5, 0.6) is 0 Å². The van der Waals surface area contributed by atoms with Crippen molar-refractivity contribution < 1.29 is 4.79 Å². The maximum absolute atomic E-state index is 12.0. The first-order valence-corrected chi connectivity index (χ1v) is 7.77. The Hall–Kier alpha value is -0.610. The summed E-state index contributed by atoms with van der Waals surface area (Å²) in [6.07, 6.45) is 3.42. The molecule has 3 N–H and O–H groups in total. The molecular weight excluding hydrogens is 238 g/mol. The lowest BCUT2D eigenvalue weighted by molar-refractivity contribution is -0.126. The number of likely N-dealkylation sites (N-methyl/N-ethyl adjacent to an activating group) is 2. The van der Waals surface area contributed by atoms with E-state index in [9.17, 15) is 4.79 Å². The Morgan fingerprint density at radius 1 is 1.42 bits per heavy atom. The highest BCUT2D eigenvalue weighted by Gasteiger charge is 2.50. The molecule has 0 saturated heterocycles. The smallest absolute Gasteiger partial charge is 0.239 e. The second-order valence-electron chi connectivity index (χ2n) is 5.98. The number of hydrogen-bond donors (Lipinski definition) is 2. The van der Waals surface area contributed by atoms with E-state index in [-0.39, 0.29) is 5.91 Å². The Morgan fingerprint density at radius 3 is 2.42 bits per heavy atom. The highest BCUT2D eigenvalue weighted by atomic mass is 16.1. The van der Waals surface area contributed by atoms with Crippen LogP contribution in [0.1, 0.15) is 47.0 Å². The van der Waals surface area contributed by atoms with Crippen LogP contribution in [-0.4, -0.2) is 42.5 Å². The molecule has 0 aromatic carbocycles. The van der Waals surface area contributed by atoms with Gasteiger partial charge >= 0.3 is 0 Å². The molecule has 0 aromatic rings. The first-order chi connectivity index (χ1) is 9.00. The number of amides is 1. The van der Waals surface area contributed by atoms with E-state index in [1.54, 1.807) is 0 Å². The van der Waals surface area contributed by atoms with Gasteiger partial charge in [0.15, 0.2) is 0 Å². The Morgan fingerprint density at radius 2 is 2.05 bits per heavy atom. The summed E-state index contributed by atoms with van der Waals surface area (Å²) in [7, 11) is 0. The Bertz CT molecular complexity index is 291. The van der Waals surface area contributed by atoms with E-state index in [0.29, 0.717) is 11.8 Å². The van der Waals surface area contributed by atoms with Gasteiger partial charge in [0.2, 0.25) is 5.91 Å². The predicted octanol–water partition coefficient (Wildman–Crippen LogP) is 1.60. The van der Waals surface area contributed by atoms with Crippen molar-refractivity contribution in [1.29, 1.82) is 0 Å². The van der Waals surface area contributed by atoms with Crippen molar-refractivity contribution in [3.63, 3.8) is 0 Å². The molecule has 0 heterocycles. The maximum Gasteiger partial charge on any atom is 0.239 e. The average molecular weight is 269 g/mol. The summed E-state index contributed by atoms with van der Waals surface area (Å²) < 4.78 is 0. The number of carbonyl (C=O) groups is 1. The van der Waals surface area contributed by atoms with Crippen LogP contribution in [0.25, 0.3) is 0 Å². The van der Waals surface area contributed by atoms with Gasteiger partial charge < -0.3 is 16.0 Å². The van der Waals surface area contributed by atoms with Crippen molar-refractivity contribution in [2.45, 2.75) is 52.5 Å². The van der Waals surface area contributed by atoms with Gasteiger partial charge in [-0.15, -0.1) is 0 Å². The minimum Gasteiger partial charge on any atom is -0.368 e. The zero-order valence-corrected chi connectivity index (χ0v) is 13.0. The van der Waals surface area contributed by atoms with Crippen LogP contribution in [-0.2, 0) is 4.79 Å². The van der Waals surface area contributed by atoms with Crippen molar-refractivity contribution in [1.82, 2.24) is 10.2 Å². The third kappa shape index (κ3) is 4.18. The van der Waals surface area contributed by atoms with Crippen molar-refractivity contribution >= 4 is 5.91 Å². The molecule has 19 heavy (non-hydrogen) atoms. The fourth-order valence-corrected chi connectivity index (χ4v) is 2.82. The minimum atomic E-state index is -0.516. The molecule has 2 unspecified atom stereocenters. The van der Waals surface area contributed by atoms with Crippen LogP contribution in [0.15, 0.2) is 0 Å². The molecule has 0 bridgehead atoms. The zero-order chi connectivity index (χ0) is 14.5. The highest BCUT2D eigenvalue weighted by molar-refractivity contribution is 5.86. The number of hydrogen-bond acceptors (Lipinski definition) is 3. The normalized spacial score (nSPS) is 20.3. The topological polar surface area (TPSA) is 58.4 Å². The van der Waals surface area contributed by atoms with Crippen LogP contribution in [0.4, 0.5) is 0 Å². The summed E-state index contributed by atoms with van der Waals surface area (Å²) in [6.45, 7) is 12.2. The lowest BCUT2D eigenvalue weighted by Crippen LogP contribution is -2.63. The molecule has 0 aliphatic heterocycles. The van der Waals surface area contributed by atoms with E-state index >= 15 is 0 Å². The van der Waals surface area contributed by atoms with E-state index in [0.717, 1.165) is 39.0 Å². The van der Waals surface area contributed by atoms with Crippen molar-refractivity contribution in [2.24, 2.45) is 17.6 Å². The standard InChI is InChI=1S/C15H31N3O/c1-5-12(4)10-18(7-3)11-15(14(16)19,17-6-2)13-8-9-13/h12-13,17H,5-11H2,1-4H3,(H2,16,19). The first-order valence-electron chi connectivity index (χ1n) is 7.77. The molecule has 1 fully saturated rings. The number of nitrogens with one attached hydrogen (secondary N) is 1. The van der Waals surface area contributed by atoms with Gasteiger partial charge in [-0.25, -0.2) is 0 Å². The Labute approximate surface area is 118 Å². The van der Waals surface area contributed by atoms with Crippen molar-refractivity contribution in [3.8, 4) is 0 Å². The monoisotopic (exact) mass is 269 g/mol. The number of nitrogens with zero attached hydrogens (tertiary/aromatic N) is 1. The molecule has 0 spiro atoms. The van der Waals surface area contributed by atoms with Gasteiger partial charge in [0.05, 0.1) is 0 Å². The van der Waals surface area contributed by atoms with E-state index in [1.807, 2.05) is 6.92 Å². The molecule has 0 radical (unpaired) electrons. The number of nitrogens with two attached hydrogens (primary N) is 1. The SMILES string of the molecule is CCNC(CN(CC)CC(C)CC)(C(N)=O)C1CC1. The summed E-state index contributed by atoms with van der Waals surface area (Å²) in [4.78, 5) is 14.4. The van der Waals surface area contributed by atoms with Crippen LogP contribution >= 0.6 is 0 Å². The van der Waals surface area contributed by atoms with Crippen molar-refractivity contribution in [3.05, 3.63) is 0 Å². The van der Waals surface area contributed by atoms with Gasteiger partial charge in [-0.3, -0.25) is 4.79 Å². The molecule has 4 heteroatoms. The predicted molar refractivity (Wildman–Crippen MR) is 79.9 cm³/mol. The quantitative estimate of drug-likeness (QED) is 0.633. The second kappa shape index (κ2) is 7.25. The fourth-order valence-electron chi connectivity index (χ4n) is 2.82. The van der Waals surface area contributed by atoms with Gasteiger partial charge in [0.25, 0.3) is 0 Å². The van der Waals surface area contributed by atoms with Gasteiger partial charge in [0.1, 0.15) is 5.54 Å². The molecule has 1 rings (SSSR count). The highest BCUT2D eigenvalue weighted by Crippen LogP contribution is 2.40.